The zero-order valence-electron chi connectivity index (χ0n) is 20.3. The lowest BCUT2D eigenvalue weighted by Crippen LogP contribution is -2.47. The van der Waals surface area contributed by atoms with Crippen LogP contribution in [0.25, 0.3) is 0 Å². The maximum Gasteiger partial charge on any atom is 0.307 e. The van der Waals surface area contributed by atoms with Gasteiger partial charge in [0, 0.05) is 11.3 Å². The van der Waals surface area contributed by atoms with E-state index in [0.29, 0.717) is 41.0 Å². The average Bonchev–Trinajstić information content (AvgIpc) is 2.70. The van der Waals surface area contributed by atoms with Crippen molar-refractivity contribution in [2.45, 2.75) is 97.2 Å². The summed E-state index contributed by atoms with van der Waals surface area (Å²) >= 11 is 2.13. The molecule has 4 nitrogen and oxygen atoms in total. The Balaban J connectivity index is 2.55. The summed E-state index contributed by atoms with van der Waals surface area (Å²) in [6.45, 7) is 16.9. The molecule has 3 N–H and O–H groups in total. The highest BCUT2D eigenvalue weighted by molar-refractivity contribution is 8.00. The third kappa shape index (κ3) is 5.56. The van der Waals surface area contributed by atoms with Gasteiger partial charge in [-0.1, -0.05) is 57.4 Å². The van der Waals surface area contributed by atoms with Gasteiger partial charge in [-0.25, -0.2) is 0 Å². The van der Waals surface area contributed by atoms with Crippen LogP contribution in [0.2, 0.25) is 0 Å². The summed E-state index contributed by atoms with van der Waals surface area (Å²) in [5.74, 6) is 1.01. The first-order valence-corrected chi connectivity index (χ1v) is 13.6. The van der Waals surface area contributed by atoms with E-state index in [-0.39, 0.29) is 23.2 Å². The second kappa shape index (κ2) is 10.9. The minimum atomic E-state index is -0.643. The molecule has 176 valence electrons. The number of carbonyl (C=O) groups is 1. The van der Waals surface area contributed by atoms with E-state index < -0.39 is 5.97 Å². The quantitative estimate of drug-likeness (QED) is 0.528. The molecule has 0 aromatic carbocycles. The van der Waals surface area contributed by atoms with Gasteiger partial charge in [-0.15, -0.1) is 11.8 Å². The van der Waals surface area contributed by atoms with Crippen molar-refractivity contribution in [1.82, 2.24) is 4.67 Å². The van der Waals surface area contributed by atoms with Gasteiger partial charge >= 0.3 is 5.97 Å². The minimum absolute atomic E-state index is 0.0387. The highest BCUT2D eigenvalue weighted by atomic mass is 32.2. The molecular formula is C24H47N2O2PS. The largest absolute Gasteiger partial charge is 0.481 e. The van der Waals surface area contributed by atoms with Crippen molar-refractivity contribution in [2.24, 2.45) is 46.7 Å². The number of nitrogens with two attached hydrogens (primary N) is 1. The number of thioether (sulfide) groups is 1. The number of rotatable bonds is 4. The predicted molar refractivity (Wildman–Crippen MR) is 133 cm³/mol. The molecule has 10 atom stereocenters. The van der Waals surface area contributed by atoms with Crippen LogP contribution in [0.4, 0.5) is 0 Å². The first-order chi connectivity index (χ1) is 14.0. The van der Waals surface area contributed by atoms with E-state index in [9.17, 15) is 9.90 Å². The lowest BCUT2D eigenvalue weighted by atomic mass is 9.68. The monoisotopic (exact) mass is 458 g/mol. The number of nitrogens with zero attached hydrogens (tertiary/aromatic N) is 1. The normalized spacial score (nSPS) is 43.4. The Bertz CT molecular complexity index is 575. The molecule has 1 saturated carbocycles. The molecule has 0 amide bonds. The molecule has 1 heterocycles. The van der Waals surface area contributed by atoms with Crippen LogP contribution in [0, 0.1) is 40.9 Å². The average molecular weight is 459 g/mol. The summed E-state index contributed by atoms with van der Waals surface area (Å²) in [5.41, 5.74) is 6.27. The fourth-order valence-electron chi connectivity index (χ4n) is 6.76. The summed E-state index contributed by atoms with van der Waals surface area (Å²) in [6, 6.07) is 0.585. The molecule has 0 aromatic rings. The molecule has 0 radical (unpaired) electrons. The van der Waals surface area contributed by atoms with Gasteiger partial charge in [0.15, 0.2) is 0 Å². The Morgan fingerprint density at radius 3 is 2.23 bits per heavy atom. The van der Waals surface area contributed by atoms with Crippen LogP contribution in [-0.4, -0.2) is 39.0 Å². The first kappa shape index (κ1) is 26.4. The van der Waals surface area contributed by atoms with Crippen molar-refractivity contribution in [3.05, 3.63) is 0 Å². The summed E-state index contributed by atoms with van der Waals surface area (Å²) < 4.78 is 2.50. The Morgan fingerprint density at radius 2 is 1.73 bits per heavy atom. The van der Waals surface area contributed by atoms with Crippen molar-refractivity contribution < 1.29 is 9.90 Å². The molecule has 1 saturated heterocycles. The van der Waals surface area contributed by atoms with Gasteiger partial charge in [0.1, 0.15) is 0 Å². The maximum absolute atomic E-state index is 12.4. The van der Waals surface area contributed by atoms with E-state index in [1.165, 1.54) is 12.8 Å². The van der Waals surface area contributed by atoms with Crippen molar-refractivity contribution in [3.8, 4) is 0 Å². The number of fused-ring (bicyclic) bond motifs is 1. The SMILES string of the molecule is CCC1CC(C)C2C(C)CC(CC)N(P)C(C)SC2C(C)(C)CC(CN)C1C(=O)O. The summed E-state index contributed by atoms with van der Waals surface area (Å²) in [7, 11) is 3.01. The van der Waals surface area contributed by atoms with E-state index in [0.717, 1.165) is 19.3 Å². The summed E-state index contributed by atoms with van der Waals surface area (Å²) in [6.07, 6.45) is 5.20. The molecule has 0 spiro atoms. The second-order valence-corrected chi connectivity index (χ2v) is 12.9. The highest BCUT2D eigenvalue weighted by Crippen LogP contribution is 2.54. The van der Waals surface area contributed by atoms with Crippen LogP contribution >= 0.6 is 21.2 Å². The van der Waals surface area contributed by atoms with Crippen LogP contribution < -0.4 is 5.73 Å². The van der Waals surface area contributed by atoms with E-state index >= 15 is 0 Å². The Labute approximate surface area is 192 Å². The minimum Gasteiger partial charge on any atom is -0.481 e. The van der Waals surface area contributed by atoms with Gasteiger partial charge in [-0.2, -0.15) is 0 Å². The van der Waals surface area contributed by atoms with Gasteiger partial charge in [0.05, 0.1) is 11.3 Å². The molecule has 2 aliphatic rings. The van der Waals surface area contributed by atoms with E-state index in [1.807, 2.05) is 0 Å². The molecule has 0 bridgehead atoms. The maximum atomic E-state index is 12.4. The second-order valence-electron chi connectivity index (χ2n) is 10.9. The van der Waals surface area contributed by atoms with Gasteiger partial charge < -0.3 is 10.8 Å². The van der Waals surface area contributed by atoms with Gasteiger partial charge in [-0.05, 0) is 74.2 Å². The predicted octanol–water partition coefficient (Wildman–Crippen LogP) is 5.72. The molecule has 1 aliphatic heterocycles. The Kier molecular flexibility index (Phi) is 9.56. The highest BCUT2D eigenvalue weighted by Gasteiger charge is 2.49. The van der Waals surface area contributed by atoms with Crippen molar-refractivity contribution in [2.75, 3.05) is 6.54 Å². The van der Waals surface area contributed by atoms with E-state index in [1.54, 1.807) is 0 Å². The van der Waals surface area contributed by atoms with Crippen LogP contribution in [0.5, 0.6) is 0 Å². The number of aliphatic carboxylic acids is 1. The smallest absolute Gasteiger partial charge is 0.307 e. The van der Waals surface area contributed by atoms with Gasteiger partial charge in [-0.3, -0.25) is 9.46 Å². The zero-order chi connectivity index (χ0) is 22.8. The number of carboxylic acids is 1. The number of hydrogen-bond donors (Lipinski definition) is 2. The first-order valence-electron chi connectivity index (χ1n) is 12.1. The molecule has 10 unspecified atom stereocenters. The fourth-order valence-corrected chi connectivity index (χ4v) is 9.22. The molecular weight excluding hydrogens is 411 g/mol. The molecule has 30 heavy (non-hydrogen) atoms. The van der Waals surface area contributed by atoms with Crippen LogP contribution in [0.15, 0.2) is 0 Å². The molecule has 6 heteroatoms. The van der Waals surface area contributed by atoms with Crippen LogP contribution in [-0.2, 0) is 4.79 Å². The van der Waals surface area contributed by atoms with E-state index in [2.05, 4.69) is 74.3 Å². The third-order valence-corrected chi connectivity index (χ3v) is 11.3. The lowest BCUT2D eigenvalue weighted by Gasteiger charge is -2.50. The van der Waals surface area contributed by atoms with E-state index in [4.69, 9.17) is 5.73 Å². The van der Waals surface area contributed by atoms with Crippen molar-refractivity contribution in [3.63, 3.8) is 0 Å². The Morgan fingerprint density at radius 1 is 1.13 bits per heavy atom. The van der Waals surface area contributed by atoms with Gasteiger partial charge in [0.2, 0.25) is 0 Å². The Hall–Kier alpha value is 0.170. The van der Waals surface area contributed by atoms with Gasteiger partial charge in [0.25, 0.3) is 0 Å². The molecule has 2 fully saturated rings. The van der Waals surface area contributed by atoms with Crippen LogP contribution in [0.1, 0.15) is 80.6 Å². The summed E-state index contributed by atoms with van der Waals surface area (Å²) in [4.78, 5) is 12.4. The van der Waals surface area contributed by atoms with Crippen molar-refractivity contribution in [1.29, 1.82) is 0 Å². The number of hydrogen-bond acceptors (Lipinski definition) is 4. The summed E-state index contributed by atoms with van der Waals surface area (Å²) in [5, 5.41) is 11.1. The molecule has 1 aliphatic carbocycles. The fraction of sp³-hybridized carbons (Fsp3) is 0.958. The zero-order valence-corrected chi connectivity index (χ0v) is 22.3. The topological polar surface area (TPSA) is 66.6 Å². The lowest BCUT2D eigenvalue weighted by molar-refractivity contribution is -0.146. The van der Waals surface area contributed by atoms with Crippen LogP contribution in [0.3, 0.4) is 0 Å². The molecule has 2 rings (SSSR count). The van der Waals surface area contributed by atoms with Crippen molar-refractivity contribution >= 4 is 27.1 Å². The standard InChI is InChI=1S/C24H47N2O2PS/c1-8-17-10-14(3)20-15(4)11-19(9-2)26(29)16(5)30-22(20)24(6,7)12-18(13-25)21(17)23(27)28/h14-22H,8-13,25,29H2,1-7H3,(H,27,28). The molecule has 0 aromatic heterocycles. The third-order valence-electron chi connectivity index (χ3n) is 8.32. The number of carboxylic acid groups (broad SMARTS) is 1.